The van der Waals surface area contributed by atoms with Gasteiger partial charge in [-0.15, -0.1) is 11.8 Å². The molecule has 1 fully saturated rings. The highest BCUT2D eigenvalue weighted by molar-refractivity contribution is 7.99. The van der Waals surface area contributed by atoms with Crippen LogP contribution in [0.5, 0.6) is 0 Å². The summed E-state index contributed by atoms with van der Waals surface area (Å²) in [5, 5.41) is 9.03. The summed E-state index contributed by atoms with van der Waals surface area (Å²) < 4.78 is 0. The molecule has 0 spiro atoms. The van der Waals surface area contributed by atoms with Crippen molar-refractivity contribution in [2.45, 2.75) is 24.8 Å². The van der Waals surface area contributed by atoms with Crippen molar-refractivity contribution < 1.29 is 9.90 Å². The van der Waals surface area contributed by atoms with Crippen LogP contribution in [0, 0.1) is 6.92 Å². The molecule has 1 unspecified atom stereocenters. The lowest BCUT2D eigenvalue weighted by atomic mass is 10.2. The van der Waals surface area contributed by atoms with Gasteiger partial charge in [0, 0.05) is 43.4 Å². The first-order valence-corrected chi connectivity index (χ1v) is 8.43. The molecule has 1 aromatic rings. The molecule has 1 aliphatic rings. The molecule has 0 amide bonds. The van der Waals surface area contributed by atoms with Crippen molar-refractivity contribution in [2.75, 3.05) is 38.5 Å². The van der Waals surface area contributed by atoms with E-state index in [1.54, 1.807) is 6.92 Å². The van der Waals surface area contributed by atoms with Gasteiger partial charge in [-0.25, -0.2) is 0 Å². The molecule has 1 N–H and O–H groups in total. The molecule has 0 saturated carbocycles. The number of hydrogen-bond acceptors (Lipinski definition) is 4. The minimum absolute atomic E-state index is 0.367. The Kier molecular flexibility index (Phi) is 6.08. The molecular formula is C16H24N2O2S. The van der Waals surface area contributed by atoms with Gasteiger partial charge in [-0.1, -0.05) is 17.7 Å². The number of aliphatic carboxylic acids is 1. The van der Waals surface area contributed by atoms with E-state index in [0.29, 0.717) is 0 Å². The van der Waals surface area contributed by atoms with Gasteiger partial charge in [-0.05, 0) is 26.0 Å². The minimum atomic E-state index is -0.724. The van der Waals surface area contributed by atoms with Crippen molar-refractivity contribution in [1.29, 1.82) is 0 Å². The van der Waals surface area contributed by atoms with Gasteiger partial charge in [-0.2, -0.15) is 0 Å². The summed E-state index contributed by atoms with van der Waals surface area (Å²) in [5.41, 5.74) is 1.29. The summed E-state index contributed by atoms with van der Waals surface area (Å²) in [6, 6.07) is 8.27. The first-order chi connectivity index (χ1) is 10.1. The third kappa shape index (κ3) is 5.02. The molecule has 4 nitrogen and oxygen atoms in total. The van der Waals surface area contributed by atoms with Gasteiger partial charge in [-0.3, -0.25) is 14.6 Å². The summed E-state index contributed by atoms with van der Waals surface area (Å²) in [5.74, 6) is 0.357. The van der Waals surface area contributed by atoms with Gasteiger partial charge < -0.3 is 5.11 Å². The van der Waals surface area contributed by atoms with Gasteiger partial charge in [0.25, 0.3) is 0 Å². The van der Waals surface area contributed by atoms with E-state index in [2.05, 4.69) is 36.1 Å². The first kappa shape index (κ1) is 16.3. The first-order valence-electron chi connectivity index (χ1n) is 7.45. The summed E-state index contributed by atoms with van der Waals surface area (Å²) in [7, 11) is 0. The predicted molar refractivity (Wildman–Crippen MR) is 87.0 cm³/mol. The number of rotatable bonds is 6. The number of nitrogens with zero attached hydrogens (tertiary/aromatic N) is 2. The fourth-order valence-electron chi connectivity index (χ4n) is 2.46. The van der Waals surface area contributed by atoms with Crippen LogP contribution in [-0.2, 0) is 4.79 Å². The quantitative estimate of drug-likeness (QED) is 0.816. The molecule has 5 heteroatoms. The summed E-state index contributed by atoms with van der Waals surface area (Å²) >= 11 is 1.89. The van der Waals surface area contributed by atoms with Crippen LogP contribution in [0.4, 0.5) is 0 Å². The van der Waals surface area contributed by atoms with E-state index in [0.717, 1.165) is 38.5 Å². The zero-order valence-corrected chi connectivity index (χ0v) is 13.6. The van der Waals surface area contributed by atoms with Gasteiger partial charge in [0.1, 0.15) is 6.04 Å². The van der Waals surface area contributed by atoms with Crippen LogP contribution in [0.2, 0.25) is 0 Å². The topological polar surface area (TPSA) is 43.8 Å². The average Bonchev–Trinajstić information content (AvgIpc) is 2.49. The van der Waals surface area contributed by atoms with E-state index in [1.165, 1.54) is 10.5 Å². The van der Waals surface area contributed by atoms with Crippen LogP contribution in [0.15, 0.2) is 29.2 Å². The molecule has 1 aromatic carbocycles. The fraction of sp³-hybridized carbons (Fsp3) is 0.562. The Hall–Kier alpha value is -1.04. The molecule has 1 aliphatic heterocycles. The lowest BCUT2D eigenvalue weighted by molar-refractivity contribution is -0.143. The van der Waals surface area contributed by atoms with Crippen molar-refractivity contribution in [3.8, 4) is 0 Å². The van der Waals surface area contributed by atoms with E-state index >= 15 is 0 Å². The number of thioether (sulfide) groups is 1. The molecule has 2 rings (SSSR count). The van der Waals surface area contributed by atoms with Crippen molar-refractivity contribution in [1.82, 2.24) is 9.80 Å². The number of benzene rings is 1. The molecule has 21 heavy (non-hydrogen) atoms. The normalized spacial score (nSPS) is 18.6. The monoisotopic (exact) mass is 308 g/mol. The number of piperazine rings is 1. The Balaban J connectivity index is 1.67. The lowest BCUT2D eigenvalue weighted by Crippen LogP contribution is -2.52. The largest absolute Gasteiger partial charge is 0.480 e. The third-order valence-electron chi connectivity index (χ3n) is 4.01. The highest BCUT2D eigenvalue weighted by Gasteiger charge is 2.24. The molecule has 116 valence electrons. The number of carboxylic acid groups (broad SMARTS) is 1. The number of hydrogen-bond donors (Lipinski definition) is 1. The summed E-state index contributed by atoms with van der Waals surface area (Å²) in [6.07, 6.45) is 0. The molecule has 1 saturated heterocycles. The average molecular weight is 308 g/mol. The second-order valence-electron chi connectivity index (χ2n) is 5.55. The SMILES string of the molecule is Cc1ccc(SCCN2CCN(C(C)C(=O)O)CC2)cc1. The lowest BCUT2D eigenvalue weighted by Gasteiger charge is -2.36. The van der Waals surface area contributed by atoms with Crippen molar-refractivity contribution >= 4 is 17.7 Å². The van der Waals surface area contributed by atoms with Gasteiger partial charge >= 0.3 is 5.97 Å². The number of aryl methyl sites for hydroxylation is 1. The standard InChI is InChI=1S/C16H24N2O2S/c1-13-3-5-15(6-4-13)21-12-11-17-7-9-18(10-8-17)14(2)16(19)20/h3-6,14H,7-12H2,1-2H3,(H,19,20). The highest BCUT2D eigenvalue weighted by Crippen LogP contribution is 2.18. The maximum absolute atomic E-state index is 11.0. The summed E-state index contributed by atoms with van der Waals surface area (Å²) in [6.45, 7) is 8.56. The van der Waals surface area contributed by atoms with E-state index in [4.69, 9.17) is 5.11 Å². The Bertz CT molecular complexity index is 456. The van der Waals surface area contributed by atoms with E-state index in [-0.39, 0.29) is 6.04 Å². The van der Waals surface area contributed by atoms with Crippen molar-refractivity contribution in [2.24, 2.45) is 0 Å². The fourth-order valence-corrected chi connectivity index (χ4v) is 3.37. The van der Waals surface area contributed by atoms with Crippen LogP contribution < -0.4 is 0 Å². The number of carbonyl (C=O) groups is 1. The zero-order chi connectivity index (χ0) is 15.2. The molecule has 0 bridgehead atoms. The Morgan fingerprint density at radius 3 is 2.43 bits per heavy atom. The van der Waals surface area contributed by atoms with E-state index in [1.807, 2.05) is 16.7 Å². The van der Waals surface area contributed by atoms with Gasteiger partial charge in [0.15, 0.2) is 0 Å². The van der Waals surface area contributed by atoms with Crippen molar-refractivity contribution in [3.05, 3.63) is 29.8 Å². The molecule has 0 radical (unpaired) electrons. The maximum atomic E-state index is 11.0. The smallest absolute Gasteiger partial charge is 0.320 e. The van der Waals surface area contributed by atoms with E-state index in [9.17, 15) is 4.79 Å². The second kappa shape index (κ2) is 7.82. The van der Waals surface area contributed by atoms with Crippen LogP contribution in [0.25, 0.3) is 0 Å². The number of carboxylic acids is 1. The van der Waals surface area contributed by atoms with Crippen molar-refractivity contribution in [3.63, 3.8) is 0 Å². The second-order valence-corrected chi connectivity index (χ2v) is 6.72. The maximum Gasteiger partial charge on any atom is 0.320 e. The van der Waals surface area contributed by atoms with Crippen LogP contribution in [-0.4, -0.2) is 65.4 Å². The Morgan fingerprint density at radius 1 is 1.24 bits per heavy atom. The van der Waals surface area contributed by atoms with Crippen LogP contribution in [0.3, 0.4) is 0 Å². The van der Waals surface area contributed by atoms with Crippen LogP contribution in [0.1, 0.15) is 12.5 Å². The van der Waals surface area contributed by atoms with Gasteiger partial charge in [0.2, 0.25) is 0 Å². The molecular weight excluding hydrogens is 284 g/mol. The summed E-state index contributed by atoms with van der Waals surface area (Å²) in [4.78, 5) is 16.8. The van der Waals surface area contributed by atoms with Crippen LogP contribution >= 0.6 is 11.8 Å². The van der Waals surface area contributed by atoms with Gasteiger partial charge in [0.05, 0.1) is 0 Å². The molecule has 1 heterocycles. The third-order valence-corrected chi connectivity index (χ3v) is 5.00. The Labute approximate surface area is 131 Å². The molecule has 0 aliphatic carbocycles. The highest BCUT2D eigenvalue weighted by atomic mass is 32.2. The minimum Gasteiger partial charge on any atom is -0.480 e. The Morgan fingerprint density at radius 2 is 1.86 bits per heavy atom. The molecule has 1 atom stereocenters. The van der Waals surface area contributed by atoms with E-state index < -0.39 is 5.97 Å². The zero-order valence-electron chi connectivity index (χ0n) is 12.8. The molecule has 0 aromatic heterocycles. The predicted octanol–water partition coefficient (Wildman–Crippen LogP) is 2.18.